The first-order chi connectivity index (χ1) is 14.1. The van der Waals surface area contributed by atoms with Crippen LogP contribution in [0.25, 0.3) is 11.3 Å². The van der Waals surface area contributed by atoms with Crippen molar-refractivity contribution in [2.45, 2.75) is 20.4 Å². The van der Waals surface area contributed by atoms with E-state index in [9.17, 15) is 4.79 Å². The number of nitrogens with one attached hydrogen (secondary N) is 1. The van der Waals surface area contributed by atoms with E-state index in [1.54, 1.807) is 24.8 Å². The van der Waals surface area contributed by atoms with Gasteiger partial charge in [0.15, 0.2) is 0 Å². The molecule has 0 spiro atoms. The molecule has 8 heteroatoms. The molecule has 1 aliphatic heterocycles. The van der Waals surface area contributed by atoms with Crippen LogP contribution in [0.4, 0.5) is 10.5 Å². The lowest BCUT2D eigenvalue weighted by atomic mass is 10.1. The van der Waals surface area contributed by atoms with E-state index in [4.69, 9.17) is 4.74 Å². The highest BCUT2D eigenvalue weighted by Gasteiger charge is 2.15. The Hall–Kier alpha value is -3.26. The van der Waals surface area contributed by atoms with Gasteiger partial charge in [-0.15, -0.1) is 0 Å². The first-order valence-corrected chi connectivity index (χ1v) is 9.64. The fourth-order valence-electron chi connectivity index (χ4n) is 3.39. The van der Waals surface area contributed by atoms with Gasteiger partial charge in [-0.25, -0.2) is 4.79 Å². The van der Waals surface area contributed by atoms with Crippen LogP contribution in [0.15, 0.2) is 43.0 Å². The van der Waals surface area contributed by atoms with Crippen molar-refractivity contribution in [3.05, 3.63) is 59.8 Å². The summed E-state index contributed by atoms with van der Waals surface area (Å²) in [4.78, 5) is 23.4. The Morgan fingerprint density at radius 3 is 2.76 bits per heavy atom. The lowest BCUT2D eigenvalue weighted by Gasteiger charge is -2.27. The van der Waals surface area contributed by atoms with Gasteiger partial charge < -0.3 is 15.0 Å². The minimum atomic E-state index is -0.268. The summed E-state index contributed by atoms with van der Waals surface area (Å²) < 4.78 is 6.69. The summed E-state index contributed by atoms with van der Waals surface area (Å²) in [6.07, 6.45) is 7.04. The second-order valence-electron chi connectivity index (χ2n) is 7.10. The Bertz CT molecular complexity index is 1010. The molecule has 0 radical (unpaired) electrons. The summed E-state index contributed by atoms with van der Waals surface area (Å²) >= 11 is 0. The third-order valence-electron chi connectivity index (χ3n) is 4.90. The minimum absolute atomic E-state index is 0.268. The van der Waals surface area contributed by atoms with Crippen LogP contribution in [0.3, 0.4) is 0 Å². The summed E-state index contributed by atoms with van der Waals surface area (Å²) in [6, 6.07) is 5.74. The summed E-state index contributed by atoms with van der Waals surface area (Å²) in [7, 11) is 0. The van der Waals surface area contributed by atoms with Crippen LogP contribution in [0.1, 0.15) is 16.8 Å². The van der Waals surface area contributed by atoms with Crippen molar-refractivity contribution in [1.82, 2.24) is 25.1 Å². The van der Waals surface area contributed by atoms with Gasteiger partial charge in [-0.05, 0) is 37.1 Å². The van der Waals surface area contributed by atoms with Crippen LogP contribution in [0.2, 0.25) is 0 Å². The zero-order valence-electron chi connectivity index (χ0n) is 16.6. The molecule has 4 heterocycles. The van der Waals surface area contributed by atoms with Gasteiger partial charge in [0.25, 0.3) is 0 Å². The van der Waals surface area contributed by atoms with Crippen molar-refractivity contribution in [2.75, 3.05) is 31.2 Å². The van der Waals surface area contributed by atoms with Crippen LogP contribution in [0, 0.1) is 13.8 Å². The highest BCUT2D eigenvalue weighted by Crippen LogP contribution is 2.21. The van der Waals surface area contributed by atoms with Crippen LogP contribution >= 0.6 is 0 Å². The number of pyridine rings is 2. The van der Waals surface area contributed by atoms with E-state index in [1.165, 1.54) is 4.68 Å². The van der Waals surface area contributed by atoms with Gasteiger partial charge in [0.1, 0.15) is 0 Å². The number of rotatable bonds is 4. The molecule has 3 aromatic rings. The number of nitrogens with zero attached hydrogens (tertiary/aromatic N) is 5. The third kappa shape index (κ3) is 4.43. The van der Waals surface area contributed by atoms with Crippen molar-refractivity contribution in [3.8, 4) is 11.3 Å². The topological polar surface area (TPSA) is 85.2 Å². The predicted molar refractivity (Wildman–Crippen MR) is 110 cm³/mol. The van der Waals surface area contributed by atoms with Crippen molar-refractivity contribution in [2.24, 2.45) is 0 Å². The number of hydrogen-bond acceptors (Lipinski definition) is 6. The molecule has 1 saturated heterocycles. The Kier molecular flexibility index (Phi) is 5.53. The van der Waals surface area contributed by atoms with Crippen molar-refractivity contribution in [3.63, 3.8) is 0 Å². The van der Waals surface area contributed by atoms with Crippen molar-refractivity contribution < 1.29 is 9.53 Å². The second kappa shape index (κ2) is 8.40. The maximum atomic E-state index is 12.4. The molecule has 0 bridgehead atoms. The van der Waals surface area contributed by atoms with Gasteiger partial charge in [0, 0.05) is 43.3 Å². The predicted octanol–water partition coefficient (Wildman–Crippen LogP) is 2.55. The average Bonchev–Trinajstić information content (AvgIpc) is 3.23. The molecule has 0 saturated carbocycles. The van der Waals surface area contributed by atoms with E-state index in [0.29, 0.717) is 19.8 Å². The number of anilines is 1. The zero-order chi connectivity index (χ0) is 20.2. The molecule has 0 unspecified atom stereocenters. The molecular formula is C21H24N6O2. The molecule has 4 rings (SSSR count). The quantitative estimate of drug-likeness (QED) is 0.735. The molecule has 0 aliphatic carbocycles. The number of carbonyl (C=O) groups excluding carboxylic acids is 1. The second-order valence-corrected chi connectivity index (χ2v) is 7.10. The number of aromatic nitrogens is 4. The van der Waals surface area contributed by atoms with E-state index in [0.717, 1.165) is 46.9 Å². The lowest BCUT2D eigenvalue weighted by Crippen LogP contribution is -2.36. The summed E-state index contributed by atoms with van der Waals surface area (Å²) in [6.45, 7) is 7.36. The van der Waals surface area contributed by atoms with Gasteiger partial charge in [-0.2, -0.15) is 9.78 Å². The van der Waals surface area contributed by atoms with Crippen LogP contribution < -0.4 is 10.2 Å². The van der Waals surface area contributed by atoms with E-state index in [1.807, 2.05) is 32.0 Å². The molecule has 1 fully saturated rings. The van der Waals surface area contributed by atoms with Crippen LogP contribution in [-0.2, 0) is 11.3 Å². The summed E-state index contributed by atoms with van der Waals surface area (Å²) in [5.41, 5.74) is 5.83. The molecule has 29 heavy (non-hydrogen) atoms. The van der Waals surface area contributed by atoms with E-state index in [2.05, 4.69) is 25.3 Å². The highest BCUT2D eigenvalue weighted by molar-refractivity contribution is 5.76. The normalized spacial score (nSPS) is 14.1. The molecule has 150 valence electrons. The maximum Gasteiger partial charge on any atom is 0.342 e. The van der Waals surface area contributed by atoms with Gasteiger partial charge in [-0.1, -0.05) is 6.07 Å². The fourth-order valence-corrected chi connectivity index (χ4v) is 3.39. The van der Waals surface area contributed by atoms with E-state index < -0.39 is 0 Å². The van der Waals surface area contributed by atoms with Gasteiger partial charge in [0.2, 0.25) is 0 Å². The van der Waals surface area contributed by atoms with Gasteiger partial charge in [0.05, 0.1) is 37.0 Å². The fraction of sp³-hybridized carbons (Fsp3) is 0.333. The Morgan fingerprint density at radius 2 is 2.00 bits per heavy atom. The van der Waals surface area contributed by atoms with Gasteiger partial charge in [-0.3, -0.25) is 9.97 Å². The number of carbonyl (C=O) groups is 1. The number of hydrogen-bond donors (Lipinski definition) is 1. The first-order valence-electron chi connectivity index (χ1n) is 9.64. The average molecular weight is 392 g/mol. The number of ether oxygens (including phenoxy) is 1. The smallest absolute Gasteiger partial charge is 0.342 e. The molecule has 0 aromatic carbocycles. The summed E-state index contributed by atoms with van der Waals surface area (Å²) in [5.74, 6) is 0. The number of morpholine rings is 1. The SMILES string of the molecule is Cc1cc(-c2ncc(CNC(=O)n3cc(N4CCOCC4)cn3)cc2C)ccn1. The monoisotopic (exact) mass is 392 g/mol. The molecule has 8 nitrogen and oxygen atoms in total. The Morgan fingerprint density at radius 1 is 1.17 bits per heavy atom. The van der Waals surface area contributed by atoms with Crippen molar-refractivity contribution >= 4 is 11.7 Å². The van der Waals surface area contributed by atoms with Crippen LogP contribution in [-0.4, -0.2) is 52.1 Å². The summed E-state index contributed by atoms with van der Waals surface area (Å²) in [5, 5.41) is 7.08. The number of amides is 1. The van der Waals surface area contributed by atoms with Crippen LogP contribution in [0.5, 0.6) is 0 Å². The largest absolute Gasteiger partial charge is 0.378 e. The molecule has 3 aromatic heterocycles. The number of aryl methyl sites for hydroxylation is 2. The third-order valence-corrected chi connectivity index (χ3v) is 4.90. The molecule has 1 N–H and O–H groups in total. The molecular weight excluding hydrogens is 368 g/mol. The first kappa shape index (κ1) is 19.1. The Labute approximate surface area is 169 Å². The molecule has 1 amide bonds. The van der Waals surface area contributed by atoms with Crippen molar-refractivity contribution in [1.29, 1.82) is 0 Å². The molecule has 0 atom stereocenters. The van der Waals surface area contributed by atoms with Gasteiger partial charge >= 0.3 is 6.03 Å². The highest BCUT2D eigenvalue weighted by atomic mass is 16.5. The maximum absolute atomic E-state index is 12.4. The molecule has 1 aliphatic rings. The minimum Gasteiger partial charge on any atom is -0.378 e. The standard InChI is InChI=1S/C21H24N6O2/c1-15-9-17(11-23-20(15)18-3-4-22-16(2)10-18)12-24-21(28)27-14-19(13-25-27)26-5-7-29-8-6-26/h3-4,9-11,13-14H,5-8,12H2,1-2H3,(H,24,28). The van der Waals surface area contributed by atoms with E-state index in [-0.39, 0.29) is 6.03 Å². The van der Waals surface area contributed by atoms with E-state index >= 15 is 0 Å². The zero-order valence-corrected chi connectivity index (χ0v) is 16.6. The Balaban J connectivity index is 1.39. The lowest BCUT2D eigenvalue weighted by molar-refractivity contribution is 0.122.